The zero-order valence-electron chi connectivity index (χ0n) is 16.9. The van der Waals surface area contributed by atoms with Crippen LogP contribution in [0.2, 0.25) is 0 Å². The summed E-state index contributed by atoms with van der Waals surface area (Å²) >= 11 is 1.75. The molecule has 1 atom stereocenters. The molecule has 0 spiro atoms. The fourth-order valence-electron chi connectivity index (χ4n) is 3.67. The van der Waals surface area contributed by atoms with E-state index in [9.17, 15) is 4.79 Å². The number of rotatable bonds is 7. The molecule has 4 aromatic rings. The number of benzene rings is 1. The number of carbonyl (C=O) groups is 1. The van der Waals surface area contributed by atoms with Crippen LogP contribution < -0.4 is 5.32 Å². The number of aromatic nitrogens is 4. The molecule has 0 saturated heterocycles. The Balaban J connectivity index is 1.68. The van der Waals surface area contributed by atoms with Gasteiger partial charge < -0.3 is 9.88 Å². The van der Waals surface area contributed by atoms with Crippen LogP contribution in [0, 0.1) is 0 Å². The Morgan fingerprint density at radius 1 is 1.10 bits per heavy atom. The van der Waals surface area contributed by atoms with E-state index in [4.69, 9.17) is 0 Å². The summed E-state index contributed by atoms with van der Waals surface area (Å²) in [4.78, 5) is 13.3. The van der Waals surface area contributed by atoms with Crippen molar-refractivity contribution in [2.75, 3.05) is 12.0 Å². The molecule has 3 aromatic heterocycles. The molecule has 0 saturated carbocycles. The summed E-state index contributed by atoms with van der Waals surface area (Å²) in [5, 5.41) is 12.8. The summed E-state index contributed by atoms with van der Waals surface area (Å²) in [6.07, 6.45) is 6.83. The van der Waals surface area contributed by atoms with Gasteiger partial charge in [-0.1, -0.05) is 12.1 Å². The summed E-state index contributed by atoms with van der Waals surface area (Å²) in [5.41, 5.74) is 2.54. The average molecular weight is 408 g/mol. The SMILES string of the molecule is CSCC[C@H](NC(=O)c1cccc2c1ccn2C(C)C)c1nnc2ccccn12. The van der Waals surface area contributed by atoms with Gasteiger partial charge in [-0.15, -0.1) is 10.2 Å². The van der Waals surface area contributed by atoms with Gasteiger partial charge in [-0.25, -0.2) is 0 Å². The third-order valence-electron chi connectivity index (χ3n) is 5.13. The quantitative estimate of drug-likeness (QED) is 0.490. The summed E-state index contributed by atoms with van der Waals surface area (Å²) in [5.74, 6) is 1.59. The molecule has 1 amide bonds. The molecule has 29 heavy (non-hydrogen) atoms. The van der Waals surface area contributed by atoms with Gasteiger partial charge in [-0.2, -0.15) is 11.8 Å². The fraction of sp³-hybridized carbons (Fsp3) is 0.318. The molecule has 1 aromatic carbocycles. The molecule has 150 valence electrons. The number of hydrogen-bond acceptors (Lipinski definition) is 4. The highest BCUT2D eigenvalue weighted by Crippen LogP contribution is 2.25. The van der Waals surface area contributed by atoms with Crippen LogP contribution in [0.4, 0.5) is 0 Å². The van der Waals surface area contributed by atoms with E-state index in [2.05, 4.69) is 46.3 Å². The normalized spacial score (nSPS) is 12.7. The van der Waals surface area contributed by atoms with Crippen molar-refractivity contribution >= 4 is 34.2 Å². The summed E-state index contributed by atoms with van der Waals surface area (Å²) < 4.78 is 4.13. The highest BCUT2D eigenvalue weighted by atomic mass is 32.2. The number of fused-ring (bicyclic) bond motifs is 2. The third-order valence-corrected chi connectivity index (χ3v) is 5.78. The highest BCUT2D eigenvalue weighted by Gasteiger charge is 2.22. The van der Waals surface area contributed by atoms with E-state index >= 15 is 0 Å². The van der Waals surface area contributed by atoms with Gasteiger partial charge in [0.25, 0.3) is 5.91 Å². The molecule has 7 heteroatoms. The molecule has 0 fully saturated rings. The maximum Gasteiger partial charge on any atom is 0.252 e. The van der Waals surface area contributed by atoms with Crippen molar-refractivity contribution in [2.24, 2.45) is 0 Å². The number of thioether (sulfide) groups is 1. The summed E-state index contributed by atoms with van der Waals surface area (Å²) in [6, 6.07) is 13.8. The molecule has 0 unspecified atom stereocenters. The zero-order chi connectivity index (χ0) is 20.4. The molecular formula is C22H25N5OS. The first-order valence-corrected chi connectivity index (χ1v) is 11.2. The minimum absolute atomic E-state index is 0.0871. The van der Waals surface area contributed by atoms with E-state index in [0.717, 1.165) is 34.5 Å². The predicted octanol–water partition coefficient (Wildman–Crippen LogP) is 4.49. The van der Waals surface area contributed by atoms with Gasteiger partial charge >= 0.3 is 0 Å². The standard InChI is InChI=1S/C22H25N5OS/c1-15(2)26-13-10-16-17(7-6-8-19(16)26)22(28)23-18(11-14-29-3)21-25-24-20-9-4-5-12-27(20)21/h4-10,12-13,15,18H,11,14H2,1-3H3,(H,23,28)/t18-/m0/s1. The molecule has 0 aliphatic carbocycles. The topological polar surface area (TPSA) is 64.2 Å². The second kappa shape index (κ2) is 8.29. The van der Waals surface area contributed by atoms with Crippen molar-refractivity contribution < 1.29 is 4.79 Å². The van der Waals surface area contributed by atoms with E-state index in [0.29, 0.717) is 11.6 Å². The van der Waals surface area contributed by atoms with Gasteiger partial charge in [0, 0.05) is 34.9 Å². The molecule has 1 N–H and O–H groups in total. The van der Waals surface area contributed by atoms with E-state index < -0.39 is 0 Å². The van der Waals surface area contributed by atoms with E-state index in [1.165, 1.54) is 0 Å². The maximum atomic E-state index is 13.3. The minimum atomic E-state index is -0.213. The van der Waals surface area contributed by atoms with Crippen LogP contribution in [0.3, 0.4) is 0 Å². The second-order valence-electron chi connectivity index (χ2n) is 7.35. The number of pyridine rings is 1. The van der Waals surface area contributed by atoms with Crippen molar-refractivity contribution in [3.8, 4) is 0 Å². The van der Waals surface area contributed by atoms with Crippen molar-refractivity contribution in [2.45, 2.75) is 32.4 Å². The van der Waals surface area contributed by atoms with E-state index in [1.54, 1.807) is 11.8 Å². The first-order valence-electron chi connectivity index (χ1n) is 9.79. The second-order valence-corrected chi connectivity index (χ2v) is 8.34. The van der Waals surface area contributed by atoms with Crippen LogP contribution >= 0.6 is 11.8 Å². The van der Waals surface area contributed by atoms with Crippen molar-refractivity contribution in [1.29, 1.82) is 0 Å². The Morgan fingerprint density at radius 2 is 1.97 bits per heavy atom. The van der Waals surface area contributed by atoms with E-state index in [-0.39, 0.29) is 11.9 Å². The van der Waals surface area contributed by atoms with Gasteiger partial charge in [-0.3, -0.25) is 9.20 Å². The van der Waals surface area contributed by atoms with Crippen molar-refractivity contribution in [1.82, 2.24) is 24.5 Å². The zero-order valence-corrected chi connectivity index (χ0v) is 17.7. The van der Waals surface area contributed by atoms with Gasteiger partial charge in [0.05, 0.1) is 6.04 Å². The molecule has 3 heterocycles. The number of carbonyl (C=O) groups excluding carboxylic acids is 1. The van der Waals surface area contributed by atoms with E-state index in [1.807, 2.05) is 53.2 Å². The molecule has 6 nitrogen and oxygen atoms in total. The van der Waals surface area contributed by atoms with Gasteiger partial charge in [-0.05, 0) is 62.6 Å². The number of nitrogens with one attached hydrogen (secondary N) is 1. The molecule has 0 aliphatic rings. The maximum absolute atomic E-state index is 13.3. The molecular weight excluding hydrogens is 382 g/mol. The molecule has 4 rings (SSSR count). The Bertz CT molecular complexity index is 1150. The monoisotopic (exact) mass is 407 g/mol. The third kappa shape index (κ3) is 3.74. The first kappa shape index (κ1) is 19.5. The highest BCUT2D eigenvalue weighted by molar-refractivity contribution is 7.98. The lowest BCUT2D eigenvalue weighted by Crippen LogP contribution is -2.30. The average Bonchev–Trinajstić information content (AvgIpc) is 3.35. The summed E-state index contributed by atoms with van der Waals surface area (Å²) in [7, 11) is 0. The van der Waals surface area contributed by atoms with Gasteiger partial charge in [0.1, 0.15) is 0 Å². The fourth-order valence-corrected chi connectivity index (χ4v) is 4.14. The number of hydrogen-bond donors (Lipinski definition) is 1. The lowest BCUT2D eigenvalue weighted by atomic mass is 10.1. The Labute approximate surface area is 174 Å². The molecule has 0 bridgehead atoms. The van der Waals surface area contributed by atoms with Gasteiger partial charge in [0.2, 0.25) is 0 Å². The van der Waals surface area contributed by atoms with Crippen LogP contribution in [0.5, 0.6) is 0 Å². The van der Waals surface area contributed by atoms with Crippen LogP contribution in [0.1, 0.15) is 48.5 Å². The van der Waals surface area contributed by atoms with Crippen molar-refractivity contribution in [3.05, 3.63) is 66.2 Å². The smallest absolute Gasteiger partial charge is 0.252 e. The minimum Gasteiger partial charge on any atom is -0.345 e. The predicted molar refractivity (Wildman–Crippen MR) is 119 cm³/mol. The summed E-state index contributed by atoms with van der Waals surface area (Å²) in [6.45, 7) is 4.28. The largest absolute Gasteiger partial charge is 0.345 e. The molecule has 0 aliphatic heterocycles. The Morgan fingerprint density at radius 3 is 2.76 bits per heavy atom. The Hall–Kier alpha value is -2.80. The lowest BCUT2D eigenvalue weighted by Gasteiger charge is -2.17. The molecule has 0 radical (unpaired) electrons. The number of amides is 1. The van der Waals surface area contributed by atoms with Crippen LogP contribution in [0.25, 0.3) is 16.6 Å². The number of nitrogens with zero attached hydrogens (tertiary/aromatic N) is 4. The van der Waals surface area contributed by atoms with Crippen LogP contribution in [0.15, 0.2) is 54.9 Å². The first-order chi connectivity index (χ1) is 14.1. The lowest BCUT2D eigenvalue weighted by molar-refractivity contribution is 0.0935. The van der Waals surface area contributed by atoms with Crippen LogP contribution in [-0.4, -0.2) is 37.1 Å². The van der Waals surface area contributed by atoms with Gasteiger partial charge in [0.15, 0.2) is 11.5 Å². The van der Waals surface area contributed by atoms with Crippen molar-refractivity contribution in [3.63, 3.8) is 0 Å². The van der Waals surface area contributed by atoms with Crippen LogP contribution in [-0.2, 0) is 0 Å². The Kier molecular flexibility index (Phi) is 5.58.